The fraction of sp³-hybridized carbons (Fsp3) is 0.552. The topological polar surface area (TPSA) is 79.3 Å². The lowest BCUT2D eigenvalue weighted by Gasteiger charge is -2.14. The number of carbonyl (C=O) groups is 2. The number of pyridine rings is 1. The van der Waals surface area contributed by atoms with E-state index in [-0.39, 0.29) is 12.3 Å². The van der Waals surface area contributed by atoms with Crippen molar-refractivity contribution in [3.05, 3.63) is 48.8 Å². The number of fused-ring (bicyclic) bond motifs is 1. The summed E-state index contributed by atoms with van der Waals surface area (Å²) >= 11 is 0. The molecule has 5 heteroatoms. The van der Waals surface area contributed by atoms with Crippen LogP contribution < -0.4 is 5.32 Å². The summed E-state index contributed by atoms with van der Waals surface area (Å²) in [6.45, 7) is 2.26. The lowest BCUT2D eigenvalue weighted by atomic mass is 9.99. The first-order valence-electron chi connectivity index (χ1n) is 13.1. The fourth-order valence-electron chi connectivity index (χ4n) is 4.26. The van der Waals surface area contributed by atoms with Crippen LogP contribution in [0.5, 0.6) is 0 Å². The maximum Gasteiger partial charge on any atom is 0.304 e. The van der Waals surface area contributed by atoms with Crippen LogP contribution in [0, 0.1) is 5.92 Å². The summed E-state index contributed by atoms with van der Waals surface area (Å²) in [6.07, 6.45) is 23.2. The number of nitrogens with one attached hydrogen (secondary N) is 1. The number of allylic oxidation sites excluding steroid dienone is 2. The van der Waals surface area contributed by atoms with E-state index >= 15 is 0 Å². The van der Waals surface area contributed by atoms with E-state index in [1.807, 2.05) is 30.3 Å². The van der Waals surface area contributed by atoms with E-state index in [9.17, 15) is 14.7 Å². The highest BCUT2D eigenvalue weighted by Gasteiger charge is 2.21. The van der Waals surface area contributed by atoms with Gasteiger partial charge in [0.25, 0.3) is 0 Å². The fourth-order valence-corrected chi connectivity index (χ4v) is 4.26. The molecule has 0 saturated carbocycles. The molecule has 0 saturated heterocycles. The molecule has 2 rings (SSSR count). The van der Waals surface area contributed by atoms with E-state index in [1.165, 1.54) is 64.2 Å². The number of benzene rings is 1. The van der Waals surface area contributed by atoms with E-state index in [4.69, 9.17) is 0 Å². The van der Waals surface area contributed by atoms with Crippen LogP contribution in [0.4, 0.5) is 5.69 Å². The average Bonchev–Trinajstić information content (AvgIpc) is 2.83. The maximum absolute atomic E-state index is 12.8. The number of rotatable bonds is 18. The van der Waals surface area contributed by atoms with Gasteiger partial charge in [-0.15, -0.1) is 0 Å². The lowest BCUT2D eigenvalue weighted by molar-refractivity contribution is -0.140. The van der Waals surface area contributed by atoms with Crippen molar-refractivity contribution in [2.75, 3.05) is 5.32 Å². The zero-order valence-corrected chi connectivity index (χ0v) is 20.8. The van der Waals surface area contributed by atoms with Gasteiger partial charge in [-0.25, -0.2) is 0 Å². The molecule has 1 atom stereocenters. The van der Waals surface area contributed by atoms with Gasteiger partial charge in [-0.05, 0) is 36.8 Å². The molecule has 2 aromatic rings. The predicted octanol–water partition coefficient (Wildman–Crippen LogP) is 7.91. The standard InChI is InChI=1S/C29H42N2O3/c1-2-3-4-5-6-7-8-9-10-11-12-13-14-15-17-25(22-28(32)33)29(34)31-27-19-16-18-24-20-21-30-23-26(24)27/h14-16,18-21,23,25H,2-13,17,22H2,1H3,(H,31,34)(H,32,33)/b15-14+/t25-/m1/s1. The number of aromatic nitrogens is 1. The quantitative estimate of drug-likeness (QED) is 0.173. The van der Waals surface area contributed by atoms with Gasteiger partial charge in [-0.3, -0.25) is 14.6 Å². The number of nitrogens with zero attached hydrogens (tertiary/aromatic N) is 1. The lowest BCUT2D eigenvalue weighted by Crippen LogP contribution is -2.25. The van der Waals surface area contributed by atoms with Crippen molar-refractivity contribution in [1.82, 2.24) is 4.98 Å². The molecule has 5 nitrogen and oxygen atoms in total. The van der Waals surface area contributed by atoms with Crippen molar-refractivity contribution in [3.63, 3.8) is 0 Å². The highest BCUT2D eigenvalue weighted by atomic mass is 16.4. The molecule has 0 spiro atoms. The van der Waals surface area contributed by atoms with Gasteiger partial charge in [0.2, 0.25) is 5.91 Å². The number of carboxylic acid groups (broad SMARTS) is 1. The van der Waals surface area contributed by atoms with Crippen LogP contribution in [-0.4, -0.2) is 22.0 Å². The third-order valence-corrected chi connectivity index (χ3v) is 6.29. The van der Waals surface area contributed by atoms with Gasteiger partial charge >= 0.3 is 5.97 Å². The van der Waals surface area contributed by atoms with Crippen LogP contribution in [0.1, 0.15) is 96.8 Å². The van der Waals surface area contributed by atoms with Crippen LogP contribution in [0.15, 0.2) is 48.8 Å². The second-order valence-corrected chi connectivity index (χ2v) is 9.22. The van der Waals surface area contributed by atoms with Crippen LogP contribution >= 0.6 is 0 Å². The van der Waals surface area contributed by atoms with Gasteiger partial charge in [0.05, 0.1) is 18.0 Å². The Hall–Kier alpha value is -2.69. The van der Waals surface area contributed by atoms with E-state index in [0.29, 0.717) is 12.1 Å². The minimum atomic E-state index is -0.960. The third-order valence-electron chi connectivity index (χ3n) is 6.29. The maximum atomic E-state index is 12.8. The van der Waals surface area contributed by atoms with Crippen molar-refractivity contribution in [1.29, 1.82) is 0 Å². The Morgan fingerprint density at radius 1 is 0.941 bits per heavy atom. The summed E-state index contributed by atoms with van der Waals surface area (Å²) in [4.78, 5) is 28.3. The van der Waals surface area contributed by atoms with Crippen molar-refractivity contribution in [2.45, 2.75) is 96.8 Å². The van der Waals surface area contributed by atoms with Crippen molar-refractivity contribution >= 4 is 28.3 Å². The molecule has 0 bridgehead atoms. The molecule has 0 aliphatic heterocycles. The normalized spacial score (nSPS) is 12.3. The highest BCUT2D eigenvalue weighted by molar-refractivity contribution is 6.03. The van der Waals surface area contributed by atoms with Gasteiger partial charge in [-0.1, -0.05) is 95.4 Å². The molecule has 0 aliphatic rings. The largest absolute Gasteiger partial charge is 0.481 e. The number of aliphatic carboxylic acids is 1. The number of anilines is 1. The molecule has 1 amide bonds. The van der Waals surface area contributed by atoms with Gasteiger partial charge in [0.15, 0.2) is 0 Å². The molecule has 1 aromatic heterocycles. The Kier molecular flexibility index (Phi) is 13.7. The first-order chi connectivity index (χ1) is 16.6. The third kappa shape index (κ3) is 11.0. The summed E-state index contributed by atoms with van der Waals surface area (Å²) in [6, 6.07) is 7.54. The molecule has 0 aliphatic carbocycles. The molecule has 2 N–H and O–H groups in total. The number of amides is 1. The number of hydrogen-bond donors (Lipinski definition) is 2. The Bertz CT molecular complexity index is 889. The molecule has 1 heterocycles. The van der Waals surface area contributed by atoms with E-state index in [0.717, 1.165) is 23.6 Å². The monoisotopic (exact) mass is 466 g/mol. The van der Waals surface area contributed by atoms with Crippen LogP contribution in [0.2, 0.25) is 0 Å². The summed E-state index contributed by atoms with van der Waals surface area (Å²) in [5.74, 6) is -1.82. The molecule has 186 valence electrons. The van der Waals surface area contributed by atoms with E-state index in [2.05, 4.69) is 23.3 Å². The van der Waals surface area contributed by atoms with E-state index in [1.54, 1.807) is 12.4 Å². The first-order valence-corrected chi connectivity index (χ1v) is 13.1. The van der Waals surface area contributed by atoms with Crippen molar-refractivity contribution in [2.24, 2.45) is 5.92 Å². The van der Waals surface area contributed by atoms with Crippen molar-refractivity contribution < 1.29 is 14.7 Å². The second kappa shape index (κ2) is 16.9. The predicted molar refractivity (Wildman–Crippen MR) is 141 cm³/mol. The molecule has 0 radical (unpaired) electrons. The number of carbonyl (C=O) groups excluding carboxylic acids is 1. The summed E-state index contributed by atoms with van der Waals surface area (Å²) in [5, 5.41) is 14.0. The minimum Gasteiger partial charge on any atom is -0.481 e. The Labute approximate surface area is 205 Å². The molecule has 1 aromatic carbocycles. The molecule has 34 heavy (non-hydrogen) atoms. The Morgan fingerprint density at radius 2 is 1.62 bits per heavy atom. The molecular weight excluding hydrogens is 424 g/mol. The van der Waals surface area contributed by atoms with Gasteiger partial charge in [0, 0.05) is 17.8 Å². The SMILES string of the molecule is CCCCCCCCCCCCC/C=C/C[C@H](CC(=O)O)C(=O)Nc1cccc2ccncc12. The van der Waals surface area contributed by atoms with Gasteiger partial charge in [-0.2, -0.15) is 0 Å². The van der Waals surface area contributed by atoms with Gasteiger partial charge < -0.3 is 10.4 Å². The smallest absolute Gasteiger partial charge is 0.304 e. The minimum absolute atomic E-state index is 0.183. The van der Waals surface area contributed by atoms with Crippen LogP contribution in [0.3, 0.4) is 0 Å². The number of hydrogen-bond acceptors (Lipinski definition) is 3. The molecule has 0 unspecified atom stereocenters. The molecule has 0 fully saturated rings. The average molecular weight is 467 g/mol. The zero-order valence-electron chi connectivity index (χ0n) is 20.8. The summed E-state index contributed by atoms with van der Waals surface area (Å²) < 4.78 is 0. The second-order valence-electron chi connectivity index (χ2n) is 9.22. The van der Waals surface area contributed by atoms with Crippen molar-refractivity contribution in [3.8, 4) is 0 Å². The first kappa shape index (κ1) is 27.6. The zero-order chi connectivity index (χ0) is 24.4. The van der Waals surface area contributed by atoms with Crippen LogP contribution in [-0.2, 0) is 9.59 Å². The number of carboxylic acids is 1. The summed E-state index contributed by atoms with van der Waals surface area (Å²) in [7, 11) is 0. The van der Waals surface area contributed by atoms with E-state index < -0.39 is 11.9 Å². The Balaban J connectivity index is 1.67. The molecular formula is C29H42N2O3. The summed E-state index contributed by atoms with van der Waals surface area (Å²) in [5.41, 5.74) is 0.663. The Morgan fingerprint density at radius 3 is 2.29 bits per heavy atom. The van der Waals surface area contributed by atoms with Crippen LogP contribution in [0.25, 0.3) is 10.8 Å². The van der Waals surface area contributed by atoms with Gasteiger partial charge in [0.1, 0.15) is 0 Å². The highest BCUT2D eigenvalue weighted by Crippen LogP contribution is 2.24. The number of unbranched alkanes of at least 4 members (excludes halogenated alkanes) is 11.